The number of rotatable bonds is 6. The molecule has 0 saturated heterocycles. The number of hydrogen-bond acceptors (Lipinski definition) is 7. The summed E-state index contributed by atoms with van der Waals surface area (Å²) in [5, 5.41) is 16.8. The van der Waals surface area contributed by atoms with Crippen molar-refractivity contribution in [1.82, 2.24) is 25.6 Å². The number of aromatic nitrogens is 3. The van der Waals surface area contributed by atoms with E-state index in [2.05, 4.69) is 20.9 Å². The molecule has 0 atom stereocenters. The summed E-state index contributed by atoms with van der Waals surface area (Å²) < 4.78 is 1.30. The Kier molecular flexibility index (Phi) is 5.81. The first-order valence-electron chi connectivity index (χ1n) is 8.63. The van der Waals surface area contributed by atoms with Crippen LogP contribution in [0.5, 0.6) is 0 Å². The molecule has 2 N–H and O–H groups in total. The van der Waals surface area contributed by atoms with Crippen LogP contribution in [0.1, 0.15) is 34.5 Å². The minimum absolute atomic E-state index is 0.133. The summed E-state index contributed by atoms with van der Waals surface area (Å²) in [4.78, 5) is 29.4. The summed E-state index contributed by atoms with van der Waals surface area (Å²) in [6.45, 7) is 4.19. The third kappa shape index (κ3) is 3.92. The van der Waals surface area contributed by atoms with E-state index >= 15 is 0 Å². The van der Waals surface area contributed by atoms with Gasteiger partial charge >= 0.3 is 0 Å². The molecule has 0 fully saturated rings. The number of thiazole rings is 1. The van der Waals surface area contributed by atoms with Crippen molar-refractivity contribution < 1.29 is 4.79 Å². The van der Waals surface area contributed by atoms with Crippen LogP contribution >= 0.6 is 11.3 Å². The van der Waals surface area contributed by atoms with Crippen LogP contribution in [0, 0.1) is 18.3 Å². The van der Waals surface area contributed by atoms with Gasteiger partial charge in [-0.05, 0) is 19.4 Å². The van der Waals surface area contributed by atoms with Crippen LogP contribution in [-0.2, 0) is 6.54 Å². The van der Waals surface area contributed by atoms with Crippen molar-refractivity contribution in [2.75, 3.05) is 0 Å². The van der Waals surface area contributed by atoms with Gasteiger partial charge in [0.1, 0.15) is 16.6 Å². The molecule has 0 radical (unpaired) electrons. The van der Waals surface area contributed by atoms with Gasteiger partial charge in [0.15, 0.2) is 5.69 Å². The second kappa shape index (κ2) is 8.45. The van der Waals surface area contributed by atoms with Crippen LogP contribution < -0.4 is 16.4 Å². The zero-order chi connectivity index (χ0) is 20.1. The van der Waals surface area contributed by atoms with Gasteiger partial charge in [-0.2, -0.15) is 10.4 Å². The van der Waals surface area contributed by atoms with E-state index in [1.54, 1.807) is 24.3 Å². The van der Waals surface area contributed by atoms with Crippen LogP contribution in [0.4, 0.5) is 0 Å². The Morgan fingerprint density at radius 2 is 2.11 bits per heavy atom. The third-order valence-electron chi connectivity index (χ3n) is 3.89. The van der Waals surface area contributed by atoms with Crippen LogP contribution in [0.3, 0.4) is 0 Å². The minimum atomic E-state index is -0.509. The summed E-state index contributed by atoms with van der Waals surface area (Å²) in [5.74, 6) is -0.509. The van der Waals surface area contributed by atoms with Gasteiger partial charge in [0.25, 0.3) is 11.5 Å². The standard InChI is InChI=1S/C19H18N6O2S/c1-3-8-25-19(27)15-7-5-4-6-14(15)16(24-25)17(26)23-21-10-13(9-20)18-22-12(2)11-28-18/h4-7,10-11,21H,3,8H2,1-2H3,(H,23,26)/b13-10+. The molecule has 9 heteroatoms. The summed E-state index contributed by atoms with van der Waals surface area (Å²) >= 11 is 1.34. The quantitative estimate of drug-likeness (QED) is 0.490. The lowest BCUT2D eigenvalue weighted by Crippen LogP contribution is -2.36. The van der Waals surface area contributed by atoms with Gasteiger partial charge in [-0.25, -0.2) is 9.67 Å². The Bertz CT molecular complexity index is 1160. The van der Waals surface area contributed by atoms with Crippen molar-refractivity contribution >= 4 is 33.6 Å². The zero-order valence-electron chi connectivity index (χ0n) is 15.4. The lowest BCUT2D eigenvalue weighted by molar-refractivity contribution is 0.0935. The van der Waals surface area contributed by atoms with Gasteiger partial charge in [-0.15, -0.1) is 11.3 Å². The molecule has 2 heterocycles. The molecule has 0 spiro atoms. The van der Waals surface area contributed by atoms with Gasteiger partial charge in [0.05, 0.1) is 5.39 Å². The number of benzene rings is 1. The van der Waals surface area contributed by atoms with E-state index in [-0.39, 0.29) is 11.3 Å². The highest BCUT2D eigenvalue weighted by Crippen LogP contribution is 2.17. The molecule has 1 aromatic carbocycles. The fourth-order valence-electron chi connectivity index (χ4n) is 2.62. The average Bonchev–Trinajstić information content (AvgIpc) is 3.13. The van der Waals surface area contributed by atoms with E-state index in [9.17, 15) is 14.9 Å². The van der Waals surface area contributed by atoms with E-state index in [0.717, 1.165) is 5.69 Å². The van der Waals surface area contributed by atoms with Gasteiger partial charge in [0, 0.05) is 29.2 Å². The molecule has 0 aliphatic heterocycles. The van der Waals surface area contributed by atoms with Gasteiger partial charge in [0.2, 0.25) is 0 Å². The van der Waals surface area contributed by atoms with Gasteiger partial charge in [-0.3, -0.25) is 15.0 Å². The first-order chi connectivity index (χ1) is 13.5. The number of nitrogens with one attached hydrogen (secondary N) is 2. The molecule has 3 aromatic rings. The Morgan fingerprint density at radius 3 is 2.75 bits per heavy atom. The van der Waals surface area contributed by atoms with E-state index < -0.39 is 5.91 Å². The Balaban J connectivity index is 1.87. The largest absolute Gasteiger partial charge is 0.304 e. The highest BCUT2D eigenvalue weighted by molar-refractivity contribution is 7.10. The van der Waals surface area contributed by atoms with E-state index in [4.69, 9.17) is 0 Å². The lowest BCUT2D eigenvalue weighted by atomic mass is 10.1. The summed E-state index contributed by atoms with van der Waals surface area (Å²) in [6.07, 6.45) is 2.09. The van der Waals surface area contributed by atoms with Crippen molar-refractivity contribution in [3.05, 3.63) is 62.6 Å². The topological polar surface area (TPSA) is 113 Å². The number of fused-ring (bicyclic) bond motifs is 1. The van der Waals surface area contributed by atoms with Crippen molar-refractivity contribution in [3.8, 4) is 6.07 Å². The second-order valence-corrected chi connectivity index (χ2v) is 6.84. The van der Waals surface area contributed by atoms with Crippen molar-refractivity contribution in [1.29, 1.82) is 5.26 Å². The molecule has 0 aliphatic rings. The zero-order valence-corrected chi connectivity index (χ0v) is 16.2. The molecular weight excluding hydrogens is 376 g/mol. The normalized spacial score (nSPS) is 11.2. The fraction of sp³-hybridized carbons (Fsp3) is 0.211. The number of carbonyl (C=O) groups is 1. The lowest BCUT2D eigenvalue weighted by Gasteiger charge is -2.10. The molecule has 0 saturated carbocycles. The van der Waals surface area contributed by atoms with E-state index in [0.29, 0.717) is 34.3 Å². The molecule has 0 unspecified atom stereocenters. The number of hydrazine groups is 1. The number of hydrogen-bond donors (Lipinski definition) is 2. The van der Waals surface area contributed by atoms with Crippen LogP contribution in [0.15, 0.2) is 40.6 Å². The molecule has 3 rings (SSSR count). The predicted molar refractivity (Wildman–Crippen MR) is 107 cm³/mol. The molecule has 142 valence electrons. The Morgan fingerprint density at radius 1 is 1.36 bits per heavy atom. The molecular formula is C19H18N6O2S. The number of nitriles is 1. The number of nitrogens with zero attached hydrogens (tertiary/aromatic N) is 4. The summed E-state index contributed by atoms with van der Waals surface area (Å²) in [5.41, 5.74) is 6.15. The second-order valence-electron chi connectivity index (χ2n) is 5.98. The number of amides is 1. The minimum Gasteiger partial charge on any atom is -0.304 e. The highest BCUT2D eigenvalue weighted by atomic mass is 32.1. The Hall–Kier alpha value is -3.51. The maximum atomic E-state index is 12.7. The first kappa shape index (κ1) is 19.3. The highest BCUT2D eigenvalue weighted by Gasteiger charge is 2.16. The predicted octanol–water partition coefficient (Wildman–Crippen LogP) is 2.37. The number of carbonyl (C=O) groups excluding carboxylic acids is 1. The first-order valence-corrected chi connectivity index (χ1v) is 9.51. The van der Waals surface area contributed by atoms with Crippen LogP contribution in [-0.4, -0.2) is 20.7 Å². The average molecular weight is 394 g/mol. The molecule has 8 nitrogen and oxygen atoms in total. The van der Waals surface area contributed by atoms with Crippen molar-refractivity contribution in [2.45, 2.75) is 26.8 Å². The van der Waals surface area contributed by atoms with E-state index in [1.807, 2.05) is 25.3 Å². The molecule has 28 heavy (non-hydrogen) atoms. The Labute approximate surface area is 165 Å². The van der Waals surface area contributed by atoms with Crippen molar-refractivity contribution in [3.63, 3.8) is 0 Å². The number of allylic oxidation sites excluding steroid dienone is 1. The summed E-state index contributed by atoms with van der Waals surface area (Å²) in [6, 6.07) is 8.90. The monoisotopic (exact) mass is 394 g/mol. The SMILES string of the molecule is CCCn1nc(C(=O)NN/C=C(\C#N)c2nc(C)cs2)c2ccccc2c1=O. The summed E-state index contributed by atoms with van der Waals surface area (Å²) in [7, 11) is 0. The van der Waals surface area contributed by atoms with Gasteiger partial charge < -0.3 is 5.43 Å². The van der Waals surface area contributed by atoms with Crippen molar-refractivity contribution in [2.24, 2.45) is 0 Å². The maximum Gasteiger partial charge on any atom is 0.290 e. The molecule has 0 bridgehead atoms. The molecule has 1 amide bonds. The van der Waals surface area contributed by atoms with E-state index in [1.165, 1.54) is 22.2 Å². The smallest absolute Gasteiger partial charge is 0.290 e. The molecule has 2 aromatic heterocycles. The fourth-order valence-corrected chi connectivity index (χ4v) is 3.38. The third-order valence-corrected chi connectivity index (χ3v) is 4.88. The van der Waals surface area contributed by atoms with Crippen LogP contribution in [0.25, 0.3) is 16.3 Å². The number of aryl methyl sites for hydroxylation is 2. The maximum absolute atomic E-state index is 12.7. The molecule has 0 aliphatic carbocycles. The van der Waals surface area contributed by atoms with Gasteiger partial charge in [-0.1, -0.05) is 25.1 Å². The van der Waals surface area contributed by atoms with Crippen LogP contribution in [0.2, 0.25) is 0 Å².